The summed E-state index contributed by atoms with van der Waals surface area (Å²) in [6, 6.07) is -0.0402. The van der Waals surface area contributed by atoms with Gasteiger partial charge in [-0.3, -0.25) is 4.99 Å². The van der Waals surface area contributed by atoms with E-state index in [1.54, 1.807) is 0 Å². The van der Waals surface area contributed by atoms with Crippen molar-refractivity contribution in [1.82, 2.24) is 5.32 Å². The fourth-order valence-electron chi connectivity index (χ4n) is 1.57. The van der Waals surface area contributed by atoms with Crippen molar-refractivity contribution in [3.8, 4) is 0 Å². The molecule has 3 nitrogen and oxygen atoms in total. The Bertz CT molecular complexity index is 361. The van der Waals surface area contributed by atoms with E-state index >= 15 is 0 Å². The first-order chi connectivity index (χ1) is 8.34. The van der Waals surface area contributed by atoms with E-state index in [2.05, 4.69) is 16.9 Å². The zero-order chi connectivity index (χ0) is 13.8. The van der Waals surface area contributed by atoms with Crippen molar-refractivity contribution in [2.45, 2.75) is 32.1 Å². The van der Waals surface area contributed by atoms with E-state index in [4.69, 9.17) is 4.74 Å². The number of morpholine rings is 1. The van der Waals surface area contributed by atoms with Gasteiger partial charge >= 0.3 is 6.18 Å². The molecule has 6 heteroatoms. The molecule has 0 radical (unpaired) electrons. The van der Waals surface area contributed by atoms with E-state index in [1.165, 1.54) is 6.92 Å². The molecule has 1 saturated heterocycles. The van der Waals surface area contributed by atoms with Crippen LogP contribution in [0.15, 0.2) is 28.9 Å². The molecule has 0 aliphatic carbocycles. The zero-order valence-corrected chi connectivity index (χ0v) is 10.4. The van der Waals surface area contributed by atoms with Crippen LogP contribution in [0.3, 0.4) is 0 Å². The number of nitrogens with one attached hydrogen (secondary N) is 1. The van der Waals surface area contributed by atoms with E-state index in [0.717, 1.165) is 12.3 Å². The Morgan fingerprint density at radius 1 is 1.44 bits per heavy atom. The molecule has 1 N–H and O–H groups in total. The fourth-order valence-corrected chi connectivity index (χ4v) is 1.57. The van der Waals surface area contributed by atoms with Crippen LogP contribution in [-0.2, 0) is 4.74 Å². The number of ether oxygens (including phenoxy) is 1. The molecule has 1 rings (SSSR count). The second kappa shape index (κ2) is 6.15. The second-order valence-electron chi connectivity index (χ2n) is 4.16. The number of halogens is 3. The van der Waals surface area contributed by atoms with Crippen LogP contribution in [0.25, 0.3) is 0 Å². The first kappa shape index (κ1) is 14.9. The topological polar surface area (TPSA) is 33.6 Å². The lowest BCUT2D eigenvalue weighted by Gasteiger charge is -2.29. The first-order valence-corrected chi connectivity index (χ1v) is 5.64. The van der Waals surface area contributed by atoms with Crippen LogP contribution >= 0.6 is 0 Å². The van der Waals surface area contributed by atoms with Crippen molar-refractivity contribution in [3.63, 3.8) is 0 Å². The smallest absolute Gasteiger partial charge is 0.378 e. The number of rotatable bonds is 3. The predicted molar refractivity (Wildman–Crippen MR) is 64.6 cm³/mol. The molecule has 1 heterocycles. The fraction of sp³-hybridized carbons (Fsp3) is 0.583. The highest BCUT2D eigenvalue weighted by atomic mass is 19.4. The first-order valence-electron chi connectivity index (χ1n) is 5.64. The lowest BCUT2D eigenvalue weighted by molar-refractivity contribution is -0.0923. The van der Waals surface area contributed by atoms with Gasteiger partial charge in [0.1, 0.15) is 5.70 Å². The van der Waals surface area contributed by atoms with Crippen molar-refractivity contribution >= 4 is 6.21 Å². The number of aliphatic imine (C=N–C) groups is 1. The average Bonchev–Trinajstić information content (AvgIpc) is 2.27. The normalized spacial score (nSPS) is 26.6. The molecule has 0 saturated carbocycles. The summed E-state index contributed by atoms with van der Waals surface area (Å²) in [6.45, 7) is 7.93. The van der Waals surface area contributed by atoms with Crippen LogP contribution in [0.2, 0.25) is 0 Å². The summed E-state index contributed by atoms with van der Waals surface area (Å²) < 4.78 is 42.6. The van der Waals surface area contributed by atoms with E-state index < -0.39 is 11.9 Å². The van der Waals surface area contributed by atoms with Crippen molar-refractivity contribution in [2.24, 2.45) is 4.99 Å². The summed E-state index contributed by atoms with van der Waals surface area (Å²) in [6.07, 6.45) is -2.37. The largest absolute Gasteiger partial charge is 0.433 e. The SMILES string of the molecule is C=C(C=N/C(=C\C)C(F)(F)F)[C@@H]1COC[C@H](C)N1. The van der Waals surface area contributed by atoms with Gasteiger partial charge in [-0.15, -0.1) is 0 Å². The number of alkyl halides is 3. The molecule has 1 aliphatic rings. The predicted octanol–water partition coefficient (Wildman–Crippen LogP) is 2.46. The lowest BCUT2D eigenvalue weighted by atomic mass is 10.1. The summed E-state index contributed by atoms with van der Waals surface area (Å²) in [5.41, 5.74) is -0.446. The summed E-state index contributed by atoms with van der Waals surface area (Å²) in [4.78, 5) is 3.43. The van der Waals surface area contributed by atoms with Crippen LogP contribution < -0.4 is 5.32 Å². The molecular formula is C12H17F3N2O. The molecule has 0 unspecified atom stereocenters. The highest BCUT2D eigenvalue weighted by Gasteiger charge is 2.32. The maximum atomic E-state index is 12.4. The van der Waals surface area contributed by atoms with Crippen molar-refractivity contribution < 1.29 is 17.9 Å². The maximum absolute atomic E-state index is 12.4. The Balaban J connectivity index is 2.64. The Kier molecular flexibility index (Phi) is 5.10. The lowest BCUT2D eigenvalue weighted by Crippen LogP contribution is -2.48. The van der Waals surface area contributed by atoms with Crippen LogP contribution in [0, 0.1) is 0 Å². The molecule has 0 aromatic carbocycles. The van der Waals surface area contributed by atoms with E-state index in [-0.39, 0.29) is 12.1 Å². The zero-order valence-electron chi connectivity index (χ0n) is 10.4. The molecule has 0 aromatic rings. The molecule has 0 bridgehead atoms. The van der Waals surface area contributed by atoms with Crippen molar-refractivity contribution in [3.05, 3.63) is 23.9 Å². The Hall–Kier alpha value is -1.14. The Labute approximate surface area is 104 Å². The van der Waals surface area contributed by atoms with Crippen molar-refractivity contribution in [1.29, 1.82) is 0 Å². The van der Waals surface area contributed by atoms with Gasteiger partial charge in [-0.1, -0.05) is 12.7 Å². The van der Waals surface area contributed by atoms with Gasteiger partial charge in [-0.25, -0.2) is 0 Å². The minimum Gasteiger partial charge on any atom is -0.378 e. The molecule has 0 aromatic heterocycles. The van der Waals surface area contributed by atoms with E-state index in [0.29, 0.717) is 18.8 Å². The van der Waals surface area contributed by atoms with Gasteiger partial charge in [0.15, 0.2) is 0 Å². The van der Waals surface area contributed by atoms with Crippen LogP contribution in [-0.4, -0.2) is 37.7 Å². The molecule has 102 valence electrons. The van der Waals surface area contributed by atoms with E-state index in [1.807, 2.05) is 6.92 Å². The summed E-state index contributed by atoms with van der Waals surface area (Å²) >= 11 is 0. The number of nitrogens with zero attached hydrogens (tertiary/aromatic N) is 1. The van der Waals surface area contributed by atoms with Gasteiger partial charge in [-0.05, 0) is 19.4 Å². The van der Waals surface area contributed by atoms with Gasteiger partial charge in [0.05, 0.1) is 19.3 Å². The number of allylic oxidation sites excluding steroid dienone is 2. The molecule has 0 spiro atoms. The molecule has 1 fully saturated rings. The quantitative estimate of drug-likeness (QED) is 0.793. The number of hydrogen-bond donors (Lipinski definition) is 1. The third kappa shape index (κ3) is 4.27. The molecule has 2 atom stereocenters. The van der Waals surface area contributed by atoms with Gasteiger partial charge in [-0.2, -0.15) is 13.2 Å². The standard InChI is InChI=1S/C12H17F3N2O/c1-4-11(12(13,14)15)16-5-8(2)10-7-18-6-9(3)17-10/h4-5,9-10,17H,2,6-7H2,1,3H3/b11-4-,16-5?/t9-,10-/m0/s1. The Morgan fingerprint density at radius 2 is 2.11 bits per heavy atom. The van der Waals surface area contributed by atoms with Gasteiger partial charge in [0, 0.05) is 12.3 Å². The third-order valence-corrected chi connectivity index (χ3v) is 2.52. The summed E-state index contributed by atoms with van der Waals surface area (Å²) in [7, 11) is 0. The van der Waals surface area contributed by atoms with E-state index in [9.17, 15) is 13.2 Å². The second-order valence-corrected chi connectivity index (χ2v) is 4.16. The molecule has 0 amide bonds. The average molecular weight is 262 g/mol. The van der Waals surface area contributed by atoms with Crippen LogP contribution in [0.1, 0.15) is 13.8 Å². The third-order valence-electron chi connectivity index (χ3n) is 2.52. The monoisotopic (exact) mass is 262 g/mol. The summed E-state index contributed by atoms with van der Waals surface area (Å²) in [5.74, 6) is 0. The van der Waals surface area contributed by atoms with Crippen molar-refractivity contribution in [2.75, 3.05) is 13.2 Å². The molecular weight excluding hydrogens is 245 g/mol. The minimum absolute atomic E-state index is 0.151. The minimum atomic E-state index is -4.44. The van der Waals surface area contributed by atoms with Crippen LogP contribution in [0.4, 0.5) is 13.2 Å². The van der Waals surface area contributed by atoms with Gasteiger partial charge in [0.2, 0.25) is 0 Å². The summed E-state index contributed by atoms with van der Waals surface area (Å²) in [5, 5.41) is 3.18. The highest BCUT2D eigenvalue weighted by Crippen LogP contribution is 2.26. The van der Waals surface area contributed by atoms with Gasteiger partial charge < -0.3 is 10.1 Å². The molecule has 18 heavy (non-hydrogen) atoms. The Morgan fingerprint density at radius 3 is 2.61 bits per heavy atom. The van der Waals surface area contributed by atoms with Crippen LogP contribution in [0.5, 0.6) is 0 Å². The van der Waals surface area contributed by atoms with Gasteiger partial charge in [0.25, 0.3) is 0 Å². The maximum Gasteiger partial charge on any atom is 0.433 e. The number of hydrogen-bond acceptors (Lipinski definition) is 3. The molecule has 1 aliphatic heterocycles. The highest BCUT2D eigenvalue weighted by molar-refractivity contribution is 5.80.